The first-order valence-electron chi connectivity index (χ1n) is 6.60. The van der Waals surface area contributed by atoms with Crippen molar-refractivity contribution in [1.29, 1.82) is 0 Å². The Labute approximate surface area is 117 Å². The quantitative estimate of drug-likeness (QED) is 0.772. The van der Waals surface area contributed by atoms with Gasteiger partial charge in [0.05, 0.1) is 5.69 Å². The van der Waals surface area contributed by atoms with E-state index in [2.05, 4.69) is 9.97 Å². The molecule has 0 bridgehead atoms. The number of rotatable bonds is 2. The van der Waals surface area contributed by atoms with Gasteiger partial charge in [-0.25, -0.2) is 0 Å². The molecule has 20 heavy (non-hydrogen) atoms. The molecule has 1 unspecified atom stereocenters. The zero-order chi connectivity index (χ0) is 14.1. The minimum absolute atomic E-state index is 0.689. The van der Waals surface area contributed by atoms with Crippen LogP contribution < -0.4 is 0 Å². The van der Waals surface area contributed by atoms with Gasteiger partial charge in [0, 0.05) is 29.5 Å². The van der Waals surface area contributed by atoms with E-state index in [1.807, 2.05) is 44.2 Å². The lowest BCUT2D eigenvalue weighted by Crippen LogP contribution is -2.06. The molecule has 1 aromatic carbocycles. The molecule has 0 aliphatic carbocycles. The number of aliphatic hydroxyl groups is 1. The molecule has 0 aliphatic heterocycles. The SMILES string of the molecule is Cc1cnc(C(O)c2cncc3ccccc23)c(C)c1. The Morgan fingerprint density at radius 2 is 1.85 bits per heavy atom. The standard InChI is InChI=1S/C17H16N2O/c1-11-7-12(2)16(19-8-11)17(20)15-10-18-9-13-5-3-4-6-14(13)15/h3-10,17,20H,1-2H3. The molecule has 100 valence electrons. The van der Waals surface area contributed by atoms with E-state index >= 15 is 0 Å². The van der Waals surface area contributed by atoms with Gasteiger partial charge in [-0.05, 0) is 30.4 Å². The number of aromatic nitrogens is 2. The Balaban J connectivity index is 2.15. The summed E-state index contributed by atoms with van der Waals surface area (Å²) in [4.78, 5) is 8.60. The Bertz CT molecular complexity index is 763. The highest BCUT2D eigenvalue weighted by molar-refractivity contribution is 5.85. The second kappa shape index (κ2) is 5.02. The van der Waals surface area contributed by atoms with Crippen molar-refractivity contribution in [3.05, 3.63) is 71.3 Å². The second-order valence-corrected chi connectivity index (χ2v) is 5.07. The summed E-state index contributed by atoms with van der Waals surface area (Å²) < 4.78 is 0. The maximum absolute atomic E-state index is 10.7. The molecule has 3 heteroatoms. The smallest absolute Gasteiger partial charge is 0.123 e. The van der Waals surface area contributed by atoms with E-state index in [9.17, 15) is 5.11 Å². The molecular formula is C17H16N2O. The fourth-order valence-electron chi connectivity index (χ4n) is 2.52. The van der Waals surface area contributed by atoms with Crippen molar-refractivity contribution in [3.8, 4) is 0 Å². The molecule has 0 saturated carbocycles. The van der Waals surface area contributed by atoms with Crippen LogP contribution in [0.2, 0.25) is 0 Å². The van der Waals surface area contributed by atoms with Crippen molar-refractivity contribution >= 4 is 10.8 Å². The van der Waals surface area contributed by atoms with E-state index in [-0.39, 0.29) is 0 Å². The van der Waals surface area contributed by atoms with Gasteiger partial charge in [-0.15, -0.1) is 0 Å². The van der Waals surface area contributed by atoms with Crippen LogP contribution in [-0.2, 0) is 0 Å². The molecule has 0 saturated heterocycles. The minimum atomic E-state index is -0.755. The summed E-state index contributed by atoms with van der Waals surface area (Å²) in [5, 5.41) is 12.7. The first kappa shape index (κ1) is 12.8. The number of benzene rings is 1. The third-order valence-electron chi connectivity index (χ3n) is 3.51. The number of aliphatic hydroxyl groups excluding tert-OH is 1. The van der Waals surface area contributed by atoms with E-state index < -0.39 is 6.10 Å². The van der Waals surface area contributed by atoms with Gasteiger partial charge >= 0.3 is 0 Å². The lowest BCUT2D eigenvalue weighted by atomic mass is 9.98. The van der Waals surface area contributed by atoms with Crippen LogP contribution in [0.4, 0.5) is 0 Å². The lowest BCUT2D eigenvalue weighted by molar-refractivity contribution is 0.215. The highest BCUT2D eigenvalue weighted by atomic mass is 16.3. The van der Waals surface area contributed by atoms with E-state index in [4.69, 9.17) is 0 Å². The summed E-state index contributed by atoms with van der Waals surface area (Å²) in [7, 11) is 0. The zero-order valence-electron chi connectivity index (χ0n) is 11.5. The third kappa shape index (κ3) is 2.17. The van der Waals surface area contributed by atoms with Gasteiger partial charge in [0.1, 0.15) is 6.10 Å². The summed E-state index contributed by atoms with van der Waals surface area (Å²) in [5.74, 6) is 0. The van der Waals surface area contributed by atoms with Crippen LogP contribution in [0.25, 0.3) is 10.8 Å². The normalized spacial score (nSPS) is 12.6. The van der Waals surface area contributed by atoms with Gasteiger partial charge in [-0.2, -0.15) is 0 Å². The van der Waals surface area contributed by atoms with Crippen LogP contribution in [0, 0.1) is 13.8 Å². The minimum Gasteiger partial charge on any atom is -0.382 e. The maximum Gasteiger partial charge on any atom is 0.123 e. The number of pyridine rings is 2. The van der Waals surface area contributed by atoms with Crippen molar-refractivity contribution in [3.63, 3.8) is 0 Å². The first-order chi connectivity index (χ1) is 9.66. The molecule has 1 N–H and O–H groups in total. The molecule has 2 heterocycles. The maximum atomic E-state index is 10.7. The highest BCUT2D eigenvalue weighted by Crippen LogP contribution is 2.28. The second-order valence-electron chi connectivity index (χ2n) is 5.07. The molecule has 3 nitrogen and oxygen atoms in total. The molecule has 0 fully saturated rings. The van der Waals surface area contributed by atoms with E-state index in [1.165, 1.54) is 0 Å². The van der Waals surface area contributed by atoms with E-state index in [0.717, 1.165) is 27.5 Å². The Kier molecular flexibility index (Phi) is 3.20. The predicted octanol–water partition coefficient (Wildman–Crippen LogP) is 3.33. The van der Waals surface area contributed by atoms with E-state index in [1.54, 1.807) is 18.6 Å². The summed E-state index contributed by atoms with van der Waals surface area (Å²) in [6.07, 6.45) is 4.55. The van der Waals surface area contributed by atoms with Crippen LogP contribution in [0.3, 0.4) is 0 Å². The van der Waals surface area contributed by atoms with Crippen molar-refractivity contribution in [2.45, 2.75) is 20.0 Å². The number of aryl methyl sites for hydroxylation is 2. The molecule has 2 aromatic heterocycles. The number of hydrogen-bond acceptors (Lipinski definition) is 3. The van der Waals surface area contributed by atoms with Crippen molar-refractivity contribution < 1.29 is 5.11 Å². The topological polar surface area (TPSA) is 46.0 Å². The average Bonchev–Trinajstić information content (AvgIpc) is 2.46. The lowest BCUT2D eigenvalue weighted by Gasteiger charge is -2.15. The zero-order valence-corrected chi connectivity index (χ0v) is 11.5. The van der Waals surface area contributed by atoms with Crippen molar-refractivity contribution in [2.75, 3.05) is 0 Å². The third-order valence-corrected chi connectivity index (χ3v) is 3.51. The van der Waals surface area contributed by atoms with Gasteiger partial charge < -0.3 is 5.11 Å². The van der Waals surface area contributed by atoms with Gasteiger partial charge in [0.2, 0.25) is 0 Å². The first-order valence-corrected chi connectivity index (χ1v) is 6.60. The van der Waals surface area contributed by atoms with Crippen molar-refractivity contribution in [1.82, 2.24) is 9.97 Å². The Morgan fingerprint density at radius 3 is 2.65 bits per heavy atom. The number of nitrogens with zero attached hydrogens (tertiary/aromatic N) is 2. The number of fused-ring (bicyclic) bond motifs is 1. The largest absolute Gasteiger partial charge is 0.382 e. The monoisotopic (exact) mass is 264 g/mol. The van der Waals surface area contributed by atoms with Gasteiger partial charge in [-0.3, -0.25) is 9.97 Å². The summed E-state index contributed by atoms with van der Waals surface area (Å²) in [6.45, 7) is 3.97. The fraction of sp³-hybridized carbons (Fsp3) is 0.176. The van der Waals surface area contributed by atoms with Crippen LogP contribution in [0.1, 0.15) is 28.5 Å². The highest BCUT2D eigenvalue weighted by Gasteiger charge is 2.17. The van der Waals surface area contributed by atoms with Crippen molar-refractivity contribution in [2.24, 2.45) is 0 Å². The molecule has 1 atom stereocenters. The number of hydrogen-bond donors (Lipinski definition) is 1. The molecule has 0 spiro atoms. The molecule has 3 rings (SSSR count). The Morgan fingerprint density at radius 1 is 1.05 bits per heavy atom. The Hall–Kier alpha value is -2.26. The van der Waals surface area contributed by atoms with Crippen LogP contribution in [-0.4, -0.2) is 15.1 Å². The summed E-state index contributed by atoms with van der Waals surface area (Å²) in [6, 6.07) is 9.96. The van der Waals surface area contributed by atoms with Crippen LogP contribution in [0.15, 0.2) is 48.9 Å². The van der Waals surface area contributed by atoms with E-state index in [0.29, 0.717) is 5.69 Å². The summed E-state index contributed by atoms with van der Waals surface area (Å²) >= 11 is 0. The van der Waals surface area contributed by atoms with Crippen LogP contribution >= 0.6 is 0 Å². The van der Waals surface area contributed by atoms with Crippen LogP contribution in [0.5, 0.6) is 0 Å². The molecule has 0 radical (unpaired) electrons. The van der Waals surface area contributed by atoms with Gasteiger partial charge in [-0.1, -0.05) is 30.3 Å². The average molecular weight is 264 g/mol. The molecule has 0 aliphatic rings. The van der Waals surface area contributed by atoms with Gasteiger partial charge in [0.25, 0.3) is 0 Å². The molecular weight excluding hydrogens is 248 g/mol. The van der Waals surface area contributed by atoms with Gasteiger partial charge in [0.15, 0.2) is 0 Å². The molecule has 3 aromatic rings. The fourth-order valence-corrected chi connectivity index (χ4v) is 2.52. The predicted molar refractivity (Wildman–Crippen MR) is 79.5 cm³/mol. The molecule has 0 amide bonds. The summed E-state index contributed by atoms with van der Waals surface area (Å²) in [5.41, 5.74) is 3.57.